The first-order valence-electron chi connectivity index (χ1n) is 8.27. The quantitative estimate of drug-likeness (QED) is 0.557. The molecule has 1 amide bonds. The number of nitrogens with one attached hydrogen (secondary N) is 1. The third-order valence-corrected chi connectivity index (χ3v) is 4.46. The van der Waals surface area contributed by atoms with Crippen LogP contribution in [0.1, 0.15) is 27.9 Å². The Morgan fingerprint density at radius 2 is 2.19 bits per heavy atom. The number of hydrogen-bond acceptors (Lipinski definition) is 5. The van der Waals surface area contributed by atoms with Crippen LogP contribution in [0, 0.1) is 0 Å². The van der Waals surface area contributed by atoms with E-state index in [1.54, 1.807) is 35.2 Å². The van der Waals surface area contributed by atoms with Gasteiger partial charge in [-0.3, -0.25) is 14.6 Å². The molecule has 1 aliphatic heterocycles. The number of carbonyl (C=O) groups excluding carboxylic acids is 1. The maximum Gasteiger partial charge on any atom is 0.280 e. The van der Waals surface area contributed by atoms with Crippen LogP contribution in [-0.2, 0) is 13.0 Å². The van der Waals surface area contributed by atoms with Crippen molar-refractivity contribution < 1.29 is 9.90 Å². The van der Waals surface area contributed by atoms with E-state index in [4.69, 9.17) is 0 Å². The normalized spacial score (nSPS) is 13.2. The summed E-state index contributed by atoms with van der Waals surface area (Å²) in [5.41, 5.74) is 3.92. The summed E-state index contributed by atoms with van der Waals surface area (Å²) >= 11 is 0. The number of benzene rings is 1. The summed E-state index contributed by atoms with van der Waals surface area (Å²) in [6, 6.07) is 8.99. The number of aromatic hydroxyl groups is 1. The van der Waals surface area contributed by atoms with Crippen molar-refractivity contribution in [3.8, 4) is 5.75 Å². The van der Waals surface area contributed by atoms with Crippen LogP contribution >= 0.6 is 0 Å². The molecule has 3 aromatic rings. The van der Waals surface area contributed by atoms with Gasteiger partial charge in [-0.2, -0.15) is 5.10 Å². The molecule has 7 nitrogen and oxygen atoms in total. The van der Waals surface area contributed by atoms with Crippen LogP contribution in [0.4, 0.5) is 0 Å². The summed E-state index contributed by atoms with van der Waals surface area (Å²) < 4.78 is 1.56. The van der Waals surface area contributed by atoms with Crippen molar-refractivity contribution in [1.82, 2.24) is 15.0 Å². The molecule has 4 rings (SSSR count). The SMILES string of the molecule is O=C(NN=Cc1cccnc1)c1c(O)c2cccc3c2n(c1=O)CCC3. The van der Waals surface area contributed by atoms with Crippen molar-refractivity contribution in [3.05, 3.63) is 69.8 Å². The first-order valence-corrected chi connectivity index (χ1v) is 8.27. The fraction of sp³-hybridized carbons (Fsp3) is 0.158. The first-order chi connectivity index (χ1) is 12.7. The van der Waals surface area contributed by atoms with E-state index in [-0.39, 0.29) is 11.3 Å². The van der Waals surface area contributed by atoms with E-state index < -0.39 is 11.5 Å². The predicted octanol–water partition coefficient (Wildman–Crippen LogP) is 1.81. The van der Waals surface area contributed by atoms with Crippen LogP contribution in [0.3, 0.4) is 0 Å². The molecule has 3 heterocycles. The zero-order valence-electron chi connectivity index (χ0n) is 13.8. The Kier molecular flexibility index (Phi) is 3.96. The van der Waals surface area contributed by atoms with Gasteiger partial charge in [0.25, 0.3) is 11.5 Å². The Morgan fingerprint density at radius 1 is 1.31 bits per heavy atom. The Hall–Kier alpha value is -3.48. The van der Waals surface area contributed by atoms with Gasteiger partial charge in [-0.05, 0) is 30.5 Å². The van der Waals surface area contributed by atoms with Gasteiger partial charge < -0.3 is 9.67 Å². The highest BCUT2D eigenvalue weighted by molar-refractivity contribution is 6.03. The summed E-state index contributed by atoms with van der Waals surface area (Å²) in [7, 11) is 0. The van der Waals surface area contributed by atoms with Crippen LogP contribution in [0.15, 0.2) is 52.6 Å². The van der Waals surface area contributed by atoms with Gasteiger partial charge in [0.2, 0.25) is 0 Å². The van der Waals surface area contributed by atoms with E-state index in [0.29, 0.717) is 23.0 Å². The predicted molar refractivity (Wildman–Crippen MR) is 97.5 cm³/mol. The fourth-order valence-corrected chi connectivity index (χ4v) is 3.29. The van der Waals surface area contributed by atoms with Crippen molar-refractivity contribution in [2.24, 2.45) is 5.10 Å². The number of aromatic nitrogens is 2. The highest BCUT2D eigenvalue weighted by atomic mass is 16.3. The van der Waals surface area contributed by atoms with E-state index in [2.05, 4.69) is 15.5 Å². The maximum absolute atomic E-state index is 12.8. The standard InChI is InChI=1S/C19H16N4O3/c24-17-14-7-1-5-13-6-3-9-23(16(13)14)19(26)15(17)18(25)22-21-11-12-4-2-8-20-10-12/h1-2,4-5,7-8,10-11,24H,3,6,9H2,(H,22,25). The minimum Gasteiger partial charge on any atom is -0.506 e. The molecule has 0 spiro atoms. The Morgan fingerprint density at radius 3 is 3.00 bits per heavy atom. The Labute approximate surface area is 148 Å². The molecule has 0 saturated heterocycles. The molecule has 0 saturated carbocycles. The zero-order valence-corrected chi connectivity index (χ0v) is 13.8. The molecule has 0 aliphatic carbocycles. The lowest BCUT2D eigenvalue weighted by Gasteiger charge is -2.21. The van der Waals surface area contributed by atoms with Crippen LogP contribution < -0.4 is 11.0 Å². The van der Waals surface area contributed by atoms with Gasteiger partial charge in [-0.25, -0.2) is 5.43 Å². The second-order valence-electron chi connectivity index (χ2n) is 6.08. The number of amides is 1. The Bertz CT molecular complexity index is 1090. The highest BCUT2D eigenvalue weighted by Crippen LogP contribution is 2.31. The number of nitrogens with zero attached hydrogens (tertiary/aromatic N) is 3. The number of hydrazone groups is 1. The van der Waals surface area contributed by atoms with Gasteiger partial charge in [-0.15, -0.1) is 0 Å². The van der Waals surface area contributed by atoms with Crippen molar-refractivity contribution >= 4 is 23.0 Å². The smallest absolute Gasteiger partial charge is 0.280 e. The lowest BCUT2D eigenvalue weighted by molar-refractivity contribution is 0.0950. The molecule has 1 aromatic carbocycles. The van der Waals surface area contributed by atoms with Gasteiger partial charge >= 0.3 is 0 Å². The molecule has 0 unspecified atom stereocenters. The number of aryl methyl sites for hydroxylation is 2. The first kappa shape index (κ1) is 16.0. The topological polar surface area (TPSA) is 96.6 Å². The molecule has 2 N–H and O–H groups in total. The van der Waals surface area contributed by atoms with Gasteiger partial charge in [0.15, 0.2) is 0 Å². The third-order valence-electron chi connectivity index (χ3n) is 4.46. The molecule has 130 valence electrons. The zero-order chi connectivity index (χ0) is 18.1. The largest absolute Gasteiger partial charge is 0.506 e. The highest BCUT2D eigenvalue weighted by Gasteiger charge is 2.24. The van der Waals surface area contributed by atoms with Crippen molar-refractivity contribution in [2.75, 3.05) is 0 Å². The molecule has 7 heteroatoms. The summed E-state index contributed by atoms with van der Waals surface area (Å²) in [5.74, 6) is -1.05. The van der Waals surface area contributed by atoms with Gasteiger partial charge in [0, 0.05) is 29.9 Å². The van der Waals surface area contributed by atoms with Crippen molar-refractivity contribution in [3.63, 3.8) is 0 Å². The number of hydrogen-bond donors (Lipinski definition) is 2. The van der Waals surface area contributed by atoms with E-state index in [9.17, 15) is 14.7 Å². The molecule has 0 atom stereocenters. The number of carbonyl (C=O) groups is 1. The van der Waals surface area contributed by atoms with E-state index >= 15 is 0 Å². The Balaban J connectivity index is 1.74. The van der Waals surface area contributed by atoms with E-state index in [1.807, 2.05) is 12.1 Å². The van der Waals surface area contributed by atoms with Gasteiger partial charge in [0.1, 0.15) is 11.3 Å². The second kappa shape index (κ2) is 6.44. The van der Waals surface area contributed by atoms with E-state index in [0.717, 1.165) is 18.4 Å². The van der Waals surface area contributed by atoms with Gasteiger partial charge in [-0.1, -0.05) is 18.2 Å². The lowest BCUT2D eigenvalue weighted by atomic mass is 9.99. The lowest BCUT2D eigenvalue weighted by Crippen LogP contribution is -2.33. The third kappa shape index (κ3) is 2.63. The molecule has 0 fully saturated rings. The van der Waals surface area contributed by atoms with E-state index in [1.165, 1.54) is 6.21 Å². The van der Waals surface area contributed by atoms with Crippen LogP contribution in [-0.4, -0.2) is 26.8 Å². The average Bonchev–Trinajstić information content (AvgIpc) is 2.67. The molecular weight excluding hydrogens is 332 g/mol. The summed E-state index contributed by atoms with van der Waals surface area (Å²) in [4.78, 5) is 29.2. The number of rotatable bonds is 3. The summed E-state index contributed by atoms with van der Waals surface area (Å²) in [6.07, 6.45) is 6.30. The molecule has 26 heavy (non-hydrogen) atoms. The molecular formula is C19H16N4O3. The molecule has 2 aromatic heterocycles. The van der Waals surface area contributed by atoms with Crippen LogP contribution in [0.2, 0.25) is 0 Å². The van der Waals surface area contributed by atoms with Crippen LogP contribution in [0.25, 0.3) is 10.9 Å². The minimum absolute atomic E-state index is 0.292. The molecule has 0 radical (unpaired) electrons. The molecule has 1 aliphatic rings. The number of pyridine rings is 2. The average molecular weight is 348 g/mol. The fourth-order valence-electron chi connectivity index (χ4n) is 3.29. The number of para-hydroxylation sites is 1. The van der Waals surface area contributed by atoms with Crippen LogP contribution in [0.5, 0.6) is 5.75 Å². The van der Waals surface area contributed by atoms with Crippen molar-refractivity contribution in [2.45, 2.75) is 19.4 Å². The maximum atomic E-state index is 12.8. The van der Waals surface area contributed by atoms with Crippen molar-refractivity contribution in [1.29, 1.82) is 0 Å². The summed E-state index contributed by atoms with van der Waals surface area (Å²) in [5, 5.41) is 14.9. The minimum atomic E-state index is -0.741. The van der Waals surface area contributed by atoms with Gasteiger partial charge in [0.05, 0.1) is 11.7 Å². The molecule has 0 bridgehead atoms. The monoisotopic (exact) mass is 348 g/mol. The summed E-state index contributed by atoms with van der Waals surface area (Å²) in [6.45, 7) is 0.520. The second-order valence-corrected chi connectivity index (χ2v) is 6.08.